The Morgan fingerprint density at radius 3 is 2.80 bits per heavy atom. The van der Waals surface area contributed by atoms with Crippen molar-refractivity contribution in [2.75, 3.05) is 13.2 Å². The second-order valence-electron chi connectivity index (χ2n) is 3.70. The molecule has 0 radical (unpaired) electrons. The lowest BCUT2D eigenvalue weighted by molar-refractivity contribution is 0.00820. The summed E-state index contributed by atoms with van der Waals surface area (Å²) in [7, 11) is 0. The van der Waals surface area contributed by atoms with Gasteiger partial charge in [0.25, 0.3) is 5.56 Å². The molecule has 4 nitrogen and oxygen atoms in total. The highest BCUT2D eigenvalue weighted by Crippen LogP contribution is 2.33. The zero-order valence-corrected chi connectivity index (χ0v) is 9.43. The summed E-state index contributed by atoms with van der Waals surface area (Å²) in [4.78, 5) is 11.5. The van der Waals surface area contributed by atoms with Crippen molar-refractivity contribution >= 4 is 26.8 Å². The first kappa shape index (κ1) is 9.18. The van der Waals surface area contributed by atoms with Gasteiger partial charge in [-0.3, -0.25) is 15.0 Å². The first-order valence-electron chi connectivity index (χ1n) is 4.74. The second kappa shape index (κ2) is 3.21. The summed E-state index contributed by atoms with van der Waals surface area (Å²) in [5.41, 5.74) is 1.90. The number of H-pyrrole nitrogens is 2. The van der Waals surface area contributed by atoms with E-state index in [9.17, 15) is 4.79 Å². The molecule has 1 aromatic carbocycles. The monoisotopic (exact) mass is 268 g/mol. The molecule has 0 unspecified atom stereocenters. The third kappa shape index (κ3) is 1.27. The first-order chi connectivity index (χ1) is 7.27. The normalized spacial score (nSPS) is 16.9. The van der Waals surface area contributed by atoms with E-state index in [4.69, 9.17) is 4.74 Å². The van der Waals surface area contributed by atoms with Gasteiger partial charge in [0, 0.05) is 10.4 Å². The molecule has 0 amide bonds. The molecule has 0 bridgehead atoms. The van der Waals surface area contributed by atoms with Gasteiger partial charge in [-0.15, -0.1) is 0 Å². The predicted molar refractivity (Wildman–Crippen MR) is 60.2 cm³/mol. The number of ether oxygens (including phenoxy) is 1. The van der Waals surface area contributed by atoms with Crippen molar-refractivity contribution in [1.29, 1.82) is 0 Å². The second-order valence-corrected chi connectivity index (χ2v) is 4.50. The highest BCUT2D eigenvalue weighted by atomic mass is 79.9. The van der Waals surface area contributed by atoms with Crippen LogP contribution in [0.3, 0.4) is 0 Å². The molecule has 15 heavy (non-hydrogen) atoms. The van der Waals surface area contributed by atoms with Crippen LogP contribution in [-0.2, 0) is 4.74 Å². The number of aromatic amines is 2. The number of fused-ring (bicyclic) bond motifs is 1. The number of hydrogen-bond donors (Lipinski definition) is 2. The average molecular weight is 269 g/mol. The molecule has 2 heterocycles. The number of aromatic nitrogens is 2. The average Bonchev–Trinajstić information content (AvgIpc) is 2.50. The minimum Gasteiger partial charge on any atom is -0.380 e. The van der Waals surface area contributed by atoms with Gasteiger partial charge in [0.2, 0.25) is 0 Å². The Morgan fingerprint density at radius 2 is 2.13 bits per heavy atom. The van der Waals surface area contributed by atoms with E-state index in [0.717, 1.165) is 28.8 Å². The molecular weight excluding hydrogens is 260 g/mol. The number of nitrogens with one attached hydrogen (secondary N) is 2. The van der Waals surface area contributed by atoms with Crippen molar-refractivity contribution in [1.82, 2.24) is 10.2 Å². The van der Waals surface area contributed by atoms with Crippen molar-refractivity contribution in [3.63, 3.8) is 0 Å². The van der Waals surface area contributed by atoms with Gasteiger partial charge < -0.3 is 4.74 Å². The van der Waals surface area contributed by atoms with E-state index in [0.29, 0.717) is 11.3 Å². The van der Waals surface area contributed by atoms with Crippen molar-refractivity contribution in [2.24, 2.45) is 0 Å². The summed E-state index contributed by atoms with van der Waals surface area (Å²) in [6, 6.07) is 3.95. The number of hydrogen-bond acceptors (Lipinski definition) is 2. The van der Waals surface area contributed by atoms with Crippen LogP contribution in [-0.4, -0.2) is 23.4 Å². The van der Waals surface area contributed by atoms with Crippen LogP contribution in [0.1, 0.15) is 11.5 Å². The summed E-state index contributed by atoms with van der Waals surface area (Å²) in [5.74, 6) is 0.415. The van der Waals surface area contributed by atoms with E-state index in [1.807, 2.05) is 12.1 Å². The Labute approximate surface area is 93.7 Å². The van der Waals surface area contributed by atoms with Gasteiger partial charge in [-0.2, -0.15) is 0 Å². The fourth-order valence-corrected chi connectivity index (χ4v) is 2.69. The molecule has 2 N–H and O–H groups in total. The van der Waals surface area contributed by atoms with Crippen molar-refractivity contribution < 1.29 is 4.74 Å². The van der Waals surface area contributed by atoms with E-state index >= 15 is 0 Å². The molecule has 3 rings (SSSR count). The first-order valence-corrected chi connectivity index (χ1v) is 5.53. The van der Waals surface area contributed by atoms with E-state index in [2.05, 4.69) is 26.1 Å². The summed E-state index contributed by atoms with van der Waals surface area (Å²) < 4.78 is 6.04. The highest BCUT2D eigenvalue weighted by Gasteiger charge is 2.24. The van der Waals surface area contributed by atoms with Crippen LogP contribution in [0.2, 0.25) is 0 Å². The number of benzene rings is 1. The van der Waals surface area contributed by atoms with Crippen LogP contribution >= 0.6 is 15.9 Å². The van der Waals surface area contributed by atoms with Crippen LogP contribution < -0.4 is 5.56 Å². The lowest BCUT2D eigenvalue weighted by atomic mass is 9.96. The van der Waals surface area contributed by atoms with Gasteiger partial charge in [-0.1, -0.05) is 6.07 Å². The Kier molecular flexibility index (Phi) is 1.97. The quantitative estimate of drug-likeness (QED) is 0.828. The molecule has 5 heteroatoms. The molecule has 0 saturated carbocycles. The minimum atomic E-state index is -0.0843. The van der Waals surface area contributed by atoms with Gasteiger partial charge in [0.15, 0.2) is 0 Å². The van der Waals surface area contributed by atoms with Gasteiger partial charge >= 0.3 is 0 Å². The molecule has 1 fully saturated rings. The van der Waals surface area contributed by atoms with Gasteiger partial charge in [-0.25, -0.2) is 0 Å². The molecule has 0 aliphatic carbocycles. The third-order valence-electron chi connectivity index (χ3n) is 2.79. The maximum absolute atomic E-state index is 11.5. The molecule has 1 saturated heterocycles. The molecule has 1 aromatic heterocycles. The standard InChI is InChI=1S/C10H9BrN2O2/c11-9-6(5-3-15-4-5)1-2-7-8(9)10(14)13-12-7/h1-2,5H,3-4H2,(H2,12,13,14). The summed E-state index contributed by atoms with van der Waals surface area (Å²) in [6.45, 7) is 1.48. The van der Waals surface area contributed by atoms with Crippen LogP contribution in [0.25, 0.3) is 10.9 Å². The van der Waals surface area contributed by atoms with Crippen molar-refractivity contribution in [3.8, 4) is 0 Å². The molecule has 78 valence electrons. The van der Waals surface area contributed by atoms with Gasteiger partial charge in [0.05, 0.1) is 24.1 Å². The summed E-state index contributed by atoms with van der Waals surface area (Å²) in [5, 5.41) is 6.10. The Balaban J connectivity index is 2.27. The SMILES string of the molecule is O=c1[nH][nH]c2ccc(C3COC3)c(Br)c12. The molecular formula is C10H9BrN2O2. The number of halogens is 1. The third-order valence-corrected chi connectivity index (χ3v) is 3.64. The van der Waals surface area contributed by atoms with E-state index < -0.39 is 0 Å². The smallest absolute Gasteiger partial charge is 0.272 e. The van der Waals surface area contributed by atoms with Crippen LogP contribution in [0, 0.1) is 0 Å². The summed E-state index contributed by atoms with van der Waals surface area (Å²) >= 11 is 3.49. The minimum absolute atomic E-state index is 0.0843. The van der Waals surface area contributed by atoms with E-state index in [1.165, 1.54) is 0 Å². The van der Waals surface area contributed by atoms with Gasteiger partial charge in [0.1, 0.15) is 0 Å². The predicted octanol–water partition coefficient (Wildman–Crippen LogP) is 1.73. The van der Waals surface area contributed by atoms with Crippen LogP contribution in [0.5, 0.6) is 0 Å². The lowest BCUT2D eigenvalue weighted by Gasteiger charge is -2.27. The fraction of sp³-hybridized carbons (Fsp3) is 0.300. The van der Waals surface area contributed by atoms with Gasteiger partial charge in [-0.05, 0) is 27.6 Å². The Hall–Kier alpha value is -1.07. The van der Waals surface area contributed by atoms with Crippen LogP contribution in [0.4, 0.5) is 0 Å². The topological polar surface area (TPSA) is 57.9 Å². The fourth-order valence-electron chi connectivity index (χ4n) is 1.84. The molecule has 2 aromatic rings. The van der Waals surface area contributed by atoms with E-state index in [1.54, 1.807) is 0 Å². The lowest BCUT2D eigenvalue weighted by Crippen LogP contribution is -2.25. The van der Waals surface area contributed by atoms with E-state index in [-0.39, 0.29) is 5.56 Å². The number of rotatable bonds is 1. The van der Waals surface area contributed by atoms with Crippen molar-refractivity contribution in [3.05, 3.63) is 32.5 Å². The molecule has 0 spiro atoms. The maximum atomic E-state index is 11.5. The largest absolute Gasteiger partial charge is 0.380 e. The Morgan fingerprint density at radius 1 is 1.33 bits per heavy atom. The maximum Gasteiger partial charge on any atom is 0.272 e. The zero-order chi connectivity index (χ0) is 10.4. The zero-order valence-electron chi connectivity index (χ0n) is 7.84. The molecule has 0 atom stereocenters. The highest BCUT2D eigenvalue weighted by molar-refractivity contribution is 9.10. The van der Waals surface area contributed by atoms with Crippen LogP contribution in [0.15, 0.2) is 21.4 Å². The Bertz CT molecular complexity index is 568. The molecule has 1 aliphatic heterocycles. The summed E-state index contributed by atoms with van der Waals surface area (Å²) in [6.07, 6.45) is 0. The molecule has 1 aliphatic rings. The van der Waals surface area contributed by atoms with Crippen molar-refractivity contribution in [2.45, 2.75) is 5.92 Å².